The van der Waals surface area contributed by atoms with E-state index >= 15 is 0 Å². The lowest BCUT2D eigenvalue weighted by Crippen LogP contribution is -2.46. The van der Waals surface area contributed by atoms with Crippen LogP contribution in [0.15, 0.2) is 78.8 Å². The summed E-state index contributed by atoms with van der Waals surface area (Å²) >= 11 is 5.99. The Kier molecular flexibility index (Phi) is 9.07. The van der Waals surface area contributed by atoms with Gasteiger partial charge in [-0.25, -0.2) is 0 Å². The number of nitrogens with zero attached hydrogens (tertiary/aromatic N) is 4. The van der Waals surface area contributed by atoms with Gasteiger partial charge in [-0.3, -0.25) is 9.59 Å². The minimum Gasteiger partial charge on any atom is -0.492 e. The molecule has 0 aromatic heterocycles. The van der Waals surface area contributed by atoms with Crippen molar-refractivity contribution >= 4 is 23.4 Å². The summed E-state index contributed by atoms with van der Waals surface area (Å²) in [6.45, 7) is 4.87. The van der Waals surface area contributed by atoms with Gasteiger partial charge >= 0.3 is 0 Å². The van der Waals surface area contributed by atoms with Crippen molar-refractivity contribution in [3.8, 4) is 11.8 Å². The standard InChI is InChI=1S/C33H35ClN6O3/c1-3-39-20-30(40(21-39)19-24-9-7-23(18-35)8-10-24)38(2)29-15-16-43-31-26(29)5-4-6-27(31)33(42)37-28(32(36)41)17-22-11-13-25(34)14-12-22/h4-14,20,28-29H,3,15-17,19,21H2,1-2H3,(H2,36,41)(H,37,42)/t28-,29-/m0/s1. The Labute approximate surface area is 257 Å². The van der Waals surface area contributed by atoms with Crippen molar-refractivity contribution in [2.45, 2.75) is 38.4 Å². The summed E-state index contributed by atoms with van der Waals surface area (Å²) in [5, 5.41) is 12.6. The molecule has 0 aliphatic carbocycles. The predicted octanol–water partition coefficient (Wildman–Crippen LogP) is 4.39. The highest BCUT2D eigenvalue weighted by Crippen LogP contribution is 2.40. The lowest BCUT2D eigenvalue weighted by Gasteiger charge is -2.38. The van der Waals surface area contributed by atoms with Crippen molar-refractivity contribution in [3.05, 3.63) is 112 Å². The van der Waals surface area contributed by atoms with Gasteiger partial charge in [0.1, 0.15) is 17.6 Å². The fraction of sp³-hybridized carbons (Fsp3) is 0.303. The number of nitrogens with one attached hydrogen (secondary N) is 1. The van der Waals surface area contributed by atoms with E-state index in [9.17, 15) is 9.59 Å². The van der Waals surface area contributed by atoms with Crippen LogP contribution < -0.4 is 15.8 Å². The Bertz CT molecular complexity index is 1550. The van der Waals surface area contributed by atoms with Gasteiger partial charge in [-0.05, 0) is 48.4 Å². The summed E-state index contributed by atoms with van der Waals surface area (Å²) in [5.74, 6) is 0.540. The second-order valence-corrected chi connectivity index (χ2v) is 11.2. The molecule has 2 atom stereocenters. The van der Waals surface area contributed by atoms with Crippen molar-refractivity contribution < 1.29 is 14.3 Å². The van der Waals surface area contributed by atoms with E-state index in [-0.39, 0.29) is 12.5 Å². The van der Waals surface area contributed by atoms with Crippen molar-refractivity contribution in [1.82, 2.24) is 20.0 Å². The number of fused-ring (bicyclic) bond motifs is 1. The molecule has 43 heavy (non-hydrogen) atoms. The zero-order valence-electron chi connectivity index (χ0n) is 24.3. The number of nitriles is 1. The first-order chi connectivity index (χ1) is 20.8. The van der Waals surface area contributed by atoms with Crippen molar-refractivity contribution in [2.75, 3.05) is 26.9 Å². The van der Waals surface area contributed by atoms with Gasteiger partial charge in [0, 0.05) is 49.8 Å². The maximum absolute atomic E-state index is 13.5. The number of halogens is 1. The molecule has 2 aliphatic rings. The Morgan fingerprint density at radius 3 is 2.53 bits per heavy atom. The molecule has 0 saturated carbocycles. The fourth-order valence-electron chi connectivity index (χ4n) is 5.58. The van der Waals surface area contributed by atoms with Crippen LogP contribution in [0.5, 0.6) is 5.75 Å². The second-order valence-electron chi connectivity index (χ2n) is 10.8. The second kappa shape index (κ2) is 13.1. The van der Waals surface area contributed by atoms with E-state index in [1.807, 2.05) is 36.4 Å². The van der Waals surface area contributed by atoms with Crippen LogP contribution >= 0.6 is 11.6 Å². The molecule has 9 nitrogen and oxygen atoms in total. The van der Waals surface area contributed by atoms with Crippen molar-refractivity contribution in [3.63, 3.8) is 0 Å². The Balaban J connectivity index is 1.36. The van der Waals surface area contributed by atoms with E-state index in [1.165, 1.54) is 0 Å². The summed E-state index contributed by atoms with van der Waals surface area (Å²) in [6.07, 6.45) is 3.16. The Morgan fingerprint density at radius 2 is 1.86 bits per heavy atom. The largest absolute Gasteiger partial charge is 0.492 e. The number of benzene rings is 3. The molecule has 2 amide bonds. The highest BCUT2D eigenvalue weighted by Gasteiger charge is 2.33. The molecule has 0 bridgehead atoms. The van der Waals surface area contributed by atoms with E-state index < -0.39 is 17.9 Å². The minimum atomic E-state index is -0.897. The lowest BCUT2D eigenvalue weighted by atomic mass is 9.95. The van der Waals surface area contributed by atoms with E-state index in [4.69, 9.17) is 27.3 Å². The zero-order valence-corrected chi connectivity index (χ0v) is 25.1. The molecule has 2 aliphatic heterocycles. The molecule has 5 rings (SSSR count). The number of amides is 2. The molecule has 10 heteroatoms. The van der Waals surface area contributed by atoms with Crippen molar-refractivity contribution in [2.24, 2.45) is 5.73 Å². The molecule has 0 radical (unpaired) electrons. The molecular formula is C33H35ClN6O3. The number of rotatable bonds is 10. The SMILES string of the molecule is CCN1C=C(N(C)[C@H]2CCOc3c(C(=O)N[C@@H](Cc4ccc(Cl)cc4)C(N)=O)cccc32)N(Cc2ccc(C#N)cc2)C1. The number of hydrogen-bond acceptors (Lipinski definition) is 7. The Morgan fingerprint density at radius 1 is 1.14 bits per heavy atom. The van der Waals surface area contributed by atoms with Gasteiger partial charge in [0.15, 0.2) is 0 Å². The summed E-state index contributed by atoms with van der Waals surface area (Å²) < 4.78 is 6.09. The van der Waals surface area contributed by atoms with Gasteiger partial charge in [0.2, 0.25) is 5.91 Å². The van der Waals surface area contributed by atoms with Crippen LogP contribution in [0.25, 0.3) is 0 Å². The smallest absolute Gasteiger partial charge is 0.255 e. The first-order valence-corrected chi connectivity index (χ1v) is 14.7. The number of ether oxygens (including phenoxy) is 1. The molecule has 2 heterocycles. The van der Waals surface area contributed by atoms with E-state index in [0.717, 1.165) is 42.1 Å². The molecule has 0 fully saturated rings. The van der Waals surface area contributed by atoms with Gasteiger partial charge < -0.3 is 30.5 Å². The van der Waals surface area contributed by atoms with Crippen LogP contribution in [0.2, 0.25) is 5.02 Å². The first kappa shape index (κ1) is 29.8. The van der Waals surface area contributed by atoms with Gasteiger partial charge in [-0.15, -0.1) is 0 Å². The molecular weight excluding hydrogens is 564 g/mol. The van der Waals surface area contributed by atoms with Crippen LogP contribution in [0.1, 0.15) is 52.0 Å². The number of primary amides is 1. The average molecular weight is 599 g/mol. The maximum atomic E-state index is 13.5. The minimum absolute atomic E-state index is 0.0379. The predicted molar refractivity (Wildman–Crippen MR) is 165 cm³/mol. The third-order valence-electron chi connectivity index (χ3n) is 7.95. The number of carbonyl (C=O) groups excluding carboxylic acids is 2. The topological polar surface area (TPSA) is 115 Å². The monoisotopic (exact) mass is 598 g/mol. The normalized spacial score (nSPS) is 16.4. The maximum Gasteiger partial charge on any atom is 0.255 e. The van der Waals surface area contributed by atoms with Gasteiger partial charge in [0.25, 0.3) is 5.91 Å². The number of carbonyl (C=O) groups is 2. The molecule has 3 aromatic carbocycles. The first-order valence-electron chi connectivity index (χ1n) is 14.3. The third kappa shape index (κ3) is 6.71. The van der Waals surface area contributed by atoms with Gasteiger partial charge in [-0.2, -0.15) is 5.26 Å². The fourth-order valence-corrected chi connectivity index (χ4v) is 5.71. The van der Waals surface area contributed by atoms with E-state index in [1.54, 1.807) is 30.3 Å². The van der Waals surface area contributed by atoms with E-state index in [2.05, 4.69) is 46.3 Å². The van der Waals surface area contributed by atoms with Gasteiger partial charge in [-0.1, -0.05) is 48.0 Å². The summed E-state index contributed by atoms with van der Waals surface area (Å²) in [5.41, 5.74) is 9.52. The lowest BCUT2D eigenvalue weighted by molar-refractivity contribution is -0.119. The van der Waals surface area contributed by atoms with Crippen molar-refractivity contribution in [1.29, 1.82) is 5.26 Å². The van der Waals surface area contributed by atoms with Crippen LogP contribution in [0.3, 0.4) is 0 Å². The average Bonchev–Trinajstić information content (AvgIpc) is 3.43. The number of para-hydroxylation sites is 1. The van der Waals surface area contributed by atoms with E-state index in [0.29, 0.717) is 35.1 Å². The highest BCUT2D eigenvalue weighted by molar-refractivity contribution is 6.30. The van der Waals surface area contributed by atoms with Crippen LogP contribution in [-0.2, 0) is 17.8 Å². The third-order valence-corrected chi connectivity index (χ3v) is 8.21. The molecule has 0 saturated heterocycles. The summed E-state index contributed by atoms with van der Waals surface area (Å²) in [6, 6.07) is 21.5. The number of nitrogens with two attached hydrogens (primary N) is 1. The van der Waals surface area contributed by atoms with Gasteiger partial charge in [0.05, 0.1) is 36.5 Å². The molecule has 0 unspecified atom stereocenters. The van der Waals surface area contributed by atoms with Crippen LogP contribution in [0.4, 0.5) is 0 Å². The molecule has 3 N–H and O–H groups in total. The van der Waals surface area contributed by atoms with Crippen LogP contribution in [-0.4, -0.2) is 59.4 Å². The Hall–Kier alpha value is -4.68. The molecule has 222 valence electrons. The highest BCUT2D eigenvalue weighted by atomic mass is 35.5. The van der Waals surface area contributed by atoms with Crippen LogP contribution in [0, 0.1) is 11.3 Å². The summed E-state index contributed by atoms with van der Waals surface area (Å²) in [4.78, 5) is 32.6. The quantitative estimate of drug-likeness (QED) is 0.356. The molecule has 3 aromatic rings. The zero-order chi connectivity index (χ0) is 30.5. The number of hydrogen-bond donors (Lipinski definition) is 2. The molecule has 0 spiro atoms. The summed E-state index contributed by atoms with van der Waals surface area (Å²) in [7, 11) is 2.07.